The van der Waals surface area contributed by atoms with Crippen LogP contribution in [0, 0.1) is 5.41 Å². The smallest absolute Gasteiger partial charge is 0.358 e. The largest absolute Gasteiger partial charge is 0.461 e. The van der Waals surface area contributed by atoms with Gasteiger partial charge in [0.1, 0.15) is 0 Å². The molecule has 0 atom stereocenters. The first-order valence-electron chi connectivity index (χ1n) is 5.26. The normalized spacial score (nSPS) is 11.5. The molecule has 1 heterocycles. The zero-order chi connectivity index (χ0) is 12.3. The fourth-order valence-electron chi connectivity index (χ4n) is 1.33. The van der Waals surface area contributed by atoms with Gasteiger partial charge in [0, 0.05) is 4.88 Å². The van der Waals surface area contributed by atoms with Gasteiger partial charge in [0.05, 0.1) is 6.61 Å². The molecule has 0 aromatic carbocycles. The van der Waals surface area contributed by atoms with E-state index in [0.717, 1.165) is 11.3 Å². The molecular formula is C11H18N2O2S. The lowest BCUT2D eigenvalue weighted by molar-refractivity contribution is 0.0519. The summed E-state index contributed by atoms with van der Waals surface area (Å²) in [6.07, 6.45) is 0.774. The van der Waals surface area contributed by atoms with Gasteiger partial charge in [0.25, 0.3) is 0 Å². The van der Waals surface area contributed by atoms with Gasteiger partial charge in [-0.1, -0.05) is 20.8 Å². The van der Waals surface area contributed by atoms with Gasteiger partial charge in [-0.2, -0.15) is 0 Å². The van der Waals surface area contributed by atoms with Gasteiger partial charge in [-0.05, 0) is 18.8 Å². The van der Waals surface area contributed by atoms with Crippen LogP contribution < -0.4 is 5.73 Å². The molecule has 0 fully saturated rings. The van der Waals surface area contributed by atoms with Crippen molar-refractivity contribution < 1.29 is 9.53 Å². The van der Waals surface area contributed by atoms with Crippen LogP contribution in [0.5, 0.6) is 0 Å². The lowest BCUT2D eigenvalue weighted by Crippen LogP contribution is -2.13. The standard InChI is InChI=1S/C11H18N2O2S/c1-5-15-9(14)8-7(6-11(2,3)4)16-10(12)13-8/h5-6H2,1-4H3,(H2,12,13). The highest BCUT2D eigenvalue weighted by molar-refractivity contribution is 7.15. The van der Waals surface area contributed by atoms with E-state index in [1.165, 1.54) is 11.3 Å². The van der Waals surface area contributed by atoms with Gasteiger partial charge in [0.15, 0.2) is 10.8 Å². The quantitative estimate of drug-likeness (QED) is 0.827. The minimum atomic E-state index is -0.380. The number of esters is 1. The Morgan fingerprint density at radius 1 is 1.50 bits per heavy atom. The van der Waals surface area contributed by atoms with Crippen molar-refractivity contribution in [3.05, 3.63) is 10.6 Å². The third-order valence-electron chi connectivity index (χ3n) is 1.87. The second-order valence-electron chi connectivity index (χ2n) is 4.78. The highest BCUT2D eigenvalue weighted by Gasteiger charge is 2.22. The molecule has 5 heteroatoms. The van der Waals surface area contributed by atoms with E-state index in [0.29, 0.717) is 17.4 Å². The van der Waals surface area contributed by atoms with Crippen LogP contribution in [-0.2, 0) is 11.2 Å². The molecule has 0 unspecified atom stereocenters. The molecule has 1 aromatic rings. The average Bonchev–Trinajstić information content (AvgIpc) is 2.44. The molecule has 1 aromatic heterocycles. The Morgan fingerprint density at radius 2 is 2.12 bits per heavy atom. The lowest BCUT2D eigenvalue weighted by Gasteiger charge is -2.16. The fourth-order valence-corrected chi connectivity index (χ4v) is 2.45. The number of hydrogen-bond acceptors (Lipinski definition) is 5. The van der Waals surface area contributed by atoms with Crippen molar-refractivity contribution in [2.24, 2.45) is 5.41 Å². The van der Waals surface area contributed by atoms with Crippen LogP contribution in [0.2, 0.25) is 0 Å². The van der Waals surface area contributed by atoms with Crippen LogP contribution in [0.4, 0.5) is 5.13 Å². The number of ether oxygens (including phenoxy) is 1. The van der Waals surface area contributed by atoms with Crippen LogP contribution >= 0.6 is 11.3 Å². The molecule has 0 saturated heterocycles. The summed E-state index contributed by atoms with van der Waals surface area (Å²) < 4.78 is 4.95. The summed E-state index contributed by atoms with van der Waals surface area (Å²) in [5.41, 5.74) is 6.10. The van der Waals surface area contributed by atoms with Crippen LogP contribution in [0.25, 0.3) is 0 Å². The van der Waals surface area contributed by atoms with Crippen LogP contribution in [0.1, 0.15) is 43.1 Å². The highest BCUT2D eigenvalue weighted by atomic mass is 32.1. The zero-order valence-electron chi connectivity index (χ0n) is 10.2. The van der Waals surface area contributed by atoms with Gasteiger partial charge >= 0.3 is 5.97 Å². The summed E-state index contributed by atoms with van der Waals surface area (Å²) in [6, 6.07) is 0. The first kappa shape index (κ1) is 13.0. The Kier molecular flexibility index (Phi) is 3.91. The maximum atomic E-state index is 11.6. The Morgan fingerprint density at radius 3 is 2.62 bits per heavy atom. The summed E-state index contributed by atoms with van der Waals surface area (Å²) >= 11 is 1.36. The molecule has 0 aliphatic rings. The van der Waals surface area contributed by atoms with Crippen molar-refractivity contribution in [3.8, 4) is 0 Å². The monoisotopic (exact) mass is 242 g/mol. The number of aromatic nitrogens is 1. The molecule has 2 N–H and O–H groups in total. The van der Waals surface area contributed by atoms with E-state index in [-0.39, 0.29) is 11.4 Å². The zero-order valence-corrected chi connectivity index (χ0v) is 11.0. The molecule has 0 bridgehead atoms. The van der Waals surface area contributed by atoms with Gasteiger partial charge in [0.2, 0.25) is 0 Å². The second-order valence-corrected chi connectivity index (χ2v) is 5.90. The van der Waals surface area contributed by atoms with E-state index in [2.05, 4.69) is 25.8 Å². The topological polar surface area (TPSA) is 65.2 Å². The predicted molar refractivity (Wildman–Crippen MR) is 65.6 cm³/mol. The third-order valence-corrected chi connectivity index (χ3v) is 2.76. The Labute approximate surface area is 99.8 Å². The molecule has 0 saturated carbocycles. The van der Waals surface area contributed by atoms with E-state index < -0.39 is 0 Å². The lowest BCUT2D eigenvalue weighted by atomic mass is 9.91. The predicted octanol–water partition coefficient (Wildman–Crippen LogP) is 2.49. The SMILES string of the molecule is CCOC(=O)c1nc(N)sc1CC(C)(C)C. The van der Waals surface area contributed by atoms with E-state index >= 15 is 0 Å². The maximum Gasteiger partial charge on any atom is 0.358 e. The first-order valence-corrected chi connectivity index (χ1v) is 6.07. The molecule has 4 nitrogen and oxygen atoms in total. The summed E-state index contributed by atoms with van der Waals surface area (Å²) in [5, 5.41) is 0.419. The molecule has 1 rings (SSSR count). The summed E-state index contributed by atoms with van der Waals surface area (Å²) in [7, 11) is 0. The molecule has 0 spiro atoms. The van der Waals surface area contributed by atoms with Gasteiger partial charge in [-0.3, -0.25) is 0 Å². The van der Waals surface area contributed by atoms with Gasteiger partial charge in [-0.25, -0.2) is 9.78 Å². The van der Waals surface area contributed by atoms with Crippen LogP contribution in [0.3, 0.4) is 0 Å². The fraction of sp³-hybridized carbons (Fsp3) is 0.636. The molecule has 16 heavy (non-hydrogen) atoms. The Balaban J connectivity index is 2.96. The van der Waals surface area contributed by atoms with Crippen molar-refractivity contribution in [1.29, 1.82) is 0 Å². The van der Waals surface area contributed by atoms with Crippen molar-refractivity contribution in [3.63, 3.8) is 0 Å². The molecule has 0 aliphatic carbocycles. The molecule has 0 radical (unpaired) electrons. The average molecular weight is 242 g/mol. The Bertz CT molecular complexity index is 380. The number of nitrogen functional groups attached to an aromatic ring is 1. The number of carbonyl (C=O) groups excluding carboxylic acids is 1. The number of nitrogens with two attached hydrogens (primary N) is 1. The van der Waals surface area contributed by atoms with E-state index in [1.807, 2.05) is 0 Å². The minimum Gasteiger partial charge on any atom is -0.461 e. The van der Waals surface area contributed by atoms with E-state index in [9.17, 15) is 4.79 Å². The number of carbonyl (C=O) groups is 1. The Hall–Kier alpha value is -1.10. The van der Waals surface area contributed by atoms with Crippen molar-refractivity contribution in [2.75, 3.05) is 12.3 Å². The first-order chi connectivity index (χ1) is 7.33. The third kappa shape index (κ3) is 3.48. The number of thiazole rings is 1. The number of anilines is 1. The number of rotatable bonds is 3. The van der Waals surface area contributed by atoms with Crippen molar-refractivity contribution >= 4 is 22.4 Å². The summed E-state index contributed by atoms with van der Waals surface area (Å²) in [5.74, 6) is -0.380. The molecule has 0 aliphatic heterocycles. The van der Waals surface area contributed by atoms with Gasteiger partial charge < -0.3 is 10.5 Å². The minimum absolute atomic E-state index is 0.0974. The van der Waals surface area contributed by atoms with Gasteiger partial charge in [-0.15, -0.1) is 11.3 Å². The summed E-state index contributed by atoms with van der Waals surface area (Å²) in [4.78, 5) is 16.6. The van der Waals surface area contributed by atoms with E-state index in [1.54, 1.807) is 6.92 Å². The van der Waals surface area contributed by atoms with E-state index in [4.69, 9.17) is 10.5 Å². The maximum absolute atomic E-state index is 11.6. The molecule has 90 valence electrons. The number of nitrogens with zero attached hydrogens (tertiary/aromatic N) is 1. The number of hydrogen-bond donors (Lipinski definition) is 1. The molecule has 0 amide bonds. The summed E-state index contributed by atoms with van der Waals surface area (Å²) in [6.45, 7) is 8.45. The van der Waals surface area contributed by atoms with Crippen LogP contribution in [0.15, 0.2) is 0 Å². The van der Waals surface area contributed by atoms with Crippen molar-refractivity contribution in [2.45, 2.75) is 34.1 Å². The highest BCUT2D eigenvalue weighted by Crippen LogP contribution is 2.29. The molecular weight excluding hydrogens is 224 g/mol. The second kappa shape index (κ2) is 4.82. The van der Waals surface area contributed by atoms with Crippen LogP contribution in [-0.4, -0.2) is 17.6 Å². The van der Waals surface area contributed by atoms with Crippen molar-refractivity contribution in [1.82, 2.24) is 4.98 Å².